The molecule has 0 aliphatic heterocycles. The number of benzene rings is 9. The number of nitrogens with zero attached hydrogens (tertiary/aromatic N) is 8. The van der Waals surface area contributed by atoms with Crippen molar-refractivity contribution in [1.29, 1.82) is 0 Å². The maximum Gasteiger partial charge on any atom is 0.271 e. The fourth-order valence-corrected chi connectivity index (χ4v) is 7.98. The van der Waals surface area contributed by atoms with E-state index in [0.29, 0.717) is 0 Å². The second kappa shape index (κ2) is 22.3. The van der Waals surface area contributed by atoms with Crippen molar-refractivity contribution in [3.8, 4) is 11.5 Å². The molecular formula is C54H34N12O14. The fraction of sp³-hybridized carbons (Fsp3) is 0. The molecule has 6 N–H and O–H groups in total. The van der Waals surface area contributed by atoms with E-state index in [1.54, 1.807) is 0 Å². The second-order valence-corrected chi connectivity index (χ2v) is 17.1. The number of anilines is 4. The van der Waals surface area contributed by atoms with Crippen molar-refractivity contribution in [2.24, 2.45) is 20.5 Å². The van der Waals surface area contributed by atoms with E-state index >= 15 is 0 Å². The molecule has 26 heteroatoms. The first kappa shape index (κ1) is 52.6. The van der Waals surface area contributed by atoms with Crippen LogP contribution in [0, 0.1) is 40.5 Å². The Morgan fingerprint density at radius 1 is 0.362 bits per heavy atom. The van der Waals surface area contributed by atoms with Crippen molar-refractivity contribution < 1.29 is 49.1 Å². The number of phenolic OH excluding ortho intramolecular Hbond substituents is 2. The minimum Gasteiger partial charge on any atom is -0.505 e. The van der Waals surface area contributed by atoms with Crippen LogP contribution in [0.1, 0.15) is 41.4 Å². The molecule has 0 atom stereocenters. The Morgan fingerprint density at radius 2 is 0.662 bits per heavy atom. The van der Waals surface area contributed by atoms with Gasteiger partial charge in [-0.1, -0.05) is 36.4 Å². The number of nitrogens with one attached hydrogen (secondary N) is 4. The Hall–Kier alpha value is -12.2. The van der Waals surface area contributed by atoms with Crippen LogP contribution in [0.3, 0.4) is 0 Å². The summed E-state index contributed by atoms with van der Waals surface area (Å²) in [5, 5.41) is 96.9. The van der Waals surface area contributed by atoms with Crippen molar-refractivity contribution in [3.63, 3.8) is 0 Å². The van der Waals surface area contributed by atoms with Crippen LogP contribution >= 0.6 is 0 Å². The molecule has 26 nitrogen and oxygen atoms in total. The number of phenols is 2. The van der Waals surface area contributed by atoms with Gasteiger partial charge in [0.25, 0.3) is 46.4 Å². The summed E-state index contributed by atoms with van der Waals surface area (Å²) in [7, 11) is 0. The van der Waals surface area contributed by atoms with Crippen molar-refractivity contribution in [3.05, 3.63) is 233 Å². The average Bonchev–Trinajstić information content (AvgIpc) is 3.46. The molecule has 0 saturated carbocycles. The smallest absolute Gasteiger partial charge is 0.271 e. The SMILES string of the molecule is O=C(Nc1cccc([N+](=O)[O-])c1)c1ccc2c(N=Nc3ccc(N=Nc4c(O)c(C(=O)Nc5cccc([N+](=O)[O-])c5)cc5cc(C(=O)Nc6cccc([N+](=O)[O-])c6)ccc45)cc3)c(O)c(C(=O)Nc3cccc([N+](=O)[O-])c3)cc2c1. The van der Waals surface area contributed by atoms with Crippen LogP contribution in [0.4, 0.5) is 68.2 Å². The van der Waals surface area contributed by atoms with Gasteiger partial charge in [0.1, 0.15) is 11.4 Å². The highest BCUT2D eigenvalue weighted by atomic mass is 16.6. The summed E-state index contributed by atoms with van der Waals surface area (Å²) in [6, 6.07) is 37.3. The molecular weight excluding hydrogens is 1040 g/mol. The van der Waals surface area contributed by atoms with Crippen LogP contribution in [-0.4, -0.2) is 53.5 Å². The van der Waals surface area contributed by atoms with Gasteiger partial charge in [-0.3, -0.25) is 59.6 Å². The predicted molar refractivity (Wildman–Crippen MR) is 290 cm³/mol. The number of hydrogen-bond donors (Lipinski definition) is 6. The topological polar surface area (TPSA) is 379 Å². The summed E-state index contributed by atoms with van der Waals surface area (Å²) in [5.41, 5.74) is -1.69. The first-order chi connectivity index (χ1) is 38.4. The molecule has 9 aromatic carbocycles. The predicted octanol–water partition coefficient (Wildman–Crippen LogP) is 12.9. The number of rotatable bonds is 16. The number of azo groups is 2. The molecule has 0 fully saturated rings. The van der Waals surface area contributed by atoms with E-state index in [2.05, 4.69) is 41.7 Å². The molecule has 0 aromatic heterocycles. The Kier molecular flexibility index (Phi) is 14.7. The van der Waals surface area contributed by atoms with E-state index in [1.165, 1.54) is 146 Å². The van der Waals surface area contributed by atoms with Crippen LogP contribution in [0.5, 0.6) is 11.5 Å². The van der Waals surface area contributed by atoms with E-state index in [9.17, 15) is 69.8 Å². The van der Waals surface area contributed by atoms with Gasteiger partial charge >= 0.3 is 0 Å². The van der Waals surface area contributed by atoms with E-state index < -0.39 is 54.8 Å². The number of nitro groups is 4. The number of non-ortho nitro benzene ring substituents is 4. The highest BCUT2D eigenvalue weighted by Crippen LogP contribution is 2.42. The van der Waals surface area contributed by atoms with Gasteiger partial charge in [0.05, 0.1) is 42.2 Å². The number of fused-ring (bicyclic) bond motifs is 2. The molecule has 80 heavy (non-hydrogen) atoms. The summed E-state index contributed by atoms with van der Waals surface area (Å²) < 4.78 is 0. The lowest BCUT2D eigenvalue weighted by molar-refractivity contribution is -0.385. The van der Waals surface area contributed by atoms with Crippen LogP contribution < -0.4 is 21.3 Å². The quantitative estimate of drug-likeness (QED) is 0.0298. The second-order valence-electron chi connectivity index (χ2n) is 17.1. The molecule has 0 radical (unpaired) electrons. The fourth-order valence-electron chi connectivity index (χ4n) is 7.98. The molecule has 0 aliphatic carbocycles. The first-order valence-electron chi connectivity index (χ1n) is 23.2. The van der Waals surface area contributed by atoms with Crippen molar-refractivity contribution >= 4 is 113 Å². The monoisotopic (exact) mass is 1070 g/mol. The number of nitro benzene ring substituents is 4. The molecule has 0 saturated heterocycles. The van der Waals surface area contributed by atoms with Crippen molar-refractivity contribution in [2.45, 2.75) is 0 Å². The van der Waals surface area contributed by atoms with Crippen LogP contribution in [0.15, 0.2) is 190 Å². The minimum atomic E-state index is -0.918. The Labute approximate surface area is 447 Å². The lowest BCUT2D eigenvalue weighted by Gasteiger charge is -2.13. The number of hydrogen-bond acceptors (Lipinski definition) is 18. The molecule has 0 aliphatic rings. The largest absolute Gasteiger partial charge is 0.505 e. The van der Waals surface area contributed by atoms with Gasteiger partial charge in [0, 0.05) is 93.2 Å². The maximum atomic E-state index is 13.8. The third kappa shape index (κ3) is 11.7. The van der Waals surface area contributed by atoms with Gasteiger partial charge in [-0.2, -0.15) is 10.2 Å². The molecule has 0 spiro atoms. The highest BCUT2D eigenvalue weighted by molar-refractivity contribution is 6.15. The number of aromatic hydroxyl groups is 2. The zero-order valence-electron chi connectivity index (χ0n) is 40.5. The normalized spacial score (nSPS) is 11.1. The third-order valence-electron chi connectivity index (χ3n) is 11.8. The number of amides is 4. The van der Waals surface area contributed by atoms with Crippen molar-refractivity contribution in [1.82, 2.24) is 0 Å². The third-order valence-corrected chi connectivity index (χ3v) is 11.8. The minimum absolute atomic E-state index is 0.0182. The molecule has 0 heterocycles. The summed E-state index contributed by atoms with van der Waals surface area (Å²) >= 11 is 0. The Morgan fingerprint density at radius 3 is 0.963 bits per heavy atom. The van der Waals surface area contributed by atoms with Crippen LogP contribution in [0.2, 0.25) is 0 Å². The summed E-state index contributed by atoms with van der Waals surface area (Å²) in [4.78, 5) is 97.4. The molecule has 394 valence electrons. The first-order valence-corrected chi connectivity index (χ1v) is 23.2. The van der Waals surface area contributed by atoms with Gasteiger partial charge in [-0.15, -0.1) is 10.2 Å². The average molecular weight is 1070 g/mol. The van der Waals surface area contributed by atoms with Gasteiger partial charge in [-0.25, -0.2) is 0 Å². The molecule has 0 bridgehead atoms. The lowest BCUT2D eigenvalue weighted by atomic mass is 10.00. The van der Waals surface area contributed by atoms with Crippen LogP contribution in [-0.2, 0) is 0 Å². The van der Waals surface area contributed by atoms with Gasteiger partial charge in [-0.05, 0) is 95.7 Å². The highest BCUT2D eigenvalue weighted by Gasteiger charge is 2.23. The summed E-state index contributed by atoms with van der Waals surface area (Å²) in [6.45, 7) is 0. The lowest BCUT2D eigenvalue weighted by Crippen LogP contribution is -2.13. The van der Waals surface area contributed by atoms with E-state index in [0.717, 1.165) is 24.3 Å². The maximum absolute atomic E-state index is 13.8. The van der Waals surface area contributed by atoms with E-state index in [-0.39, 0.29) is 112 Å². The van der Waals surface area contributed by atoms with Crippen LogP contribution in [0.25, 0.3) is 21.5 Å². The zero-order valence-corrected chi connectivity index (χ0v) is 40.5. The van der Waals surface area contributed by atoms with Gasteiger partial charge in [0.2, 0.25) is 0 Å². The summed E-state index contributed by atoms with van der Waals surface area (Å²) in [5.74, 6) is -4.52. The van der Waals surface area contributed by atoms with E-state index in [1.807, 2.05) is 0 Å². The van der Waals surface area contributed by atoms with E-state index in [4.69, 9.17) is 0 Å². The van der Waals surface area contributed by atoms with Gasteiger partial charge < -0.3 is 31.5 Å². The molecule has 0 unspecified atom stereocenters. The Bertz CT molecular complexity index is 3900. The molecule has 4 amide bonds. The Balaban J connectivity index is 1.03. The summed E-state index contributed by atoms with van der Waals surface area (Å²) in [6.07, 6.45) is 0. The number of carbonyl (C=O) groups excluding carboxylic acids is 4. The van der Waals surface area contributed by atoms with Gasteiger partial charge in [0.15, 0.2) is 11.5 Å². The molecule has 9 rings (SSSR count). The number of carbonyl (C=O) groups is 4. The zero-order chi connectivity index (χ0) is 56.8. The van der Waals surface area contributed by atoms with Crippen molar-refractivity contribution in [2.75, 3.05) is 21.3 Å². The standard InChI is InChI=1S/C54H34N12O14/c67-49-45(53(71)57-37-7-3-11-41(27-37)65(77)78)23-31-21-29(51(69)55-35-5-1-9-39(25-35)63(73)74)13-19-43(31)47(49)61-59-33-15-17-34(18-16-33)60-62-48-44-20-14-30(52(70)56-36-6-2-10-40(26-36)64(75)76)22-32(44)24-46(50(48)68)54(72)58-38-8-4-12-42(28-38)66(79)80/h1-28,67-68H,(H,55,69)(H,56,70)(H,57,71)(H,58,72). The molecule has 9 aromatic rings.